The Balaban J connectivity index is 2.22. The summed E-state index contributed by atoms with van der Waals surface area (Å²) in [5, 5.41) is 3.37. The maximum atomic E-state index is 5.85. The largest absolute Gasteiger partial charge is 0.493 e. The van der Waals surface area contributed by atoms with Crippen LogP contribution in [0.15, 0.2) is 12.1 Å². The Morgan fingerprint density at radius 2 is 1.86 bits per heavy atom. The Morgan fingerprint density at radius 3 is 2.48 bits per heavy atom. The third kappa shape index (κ3) is 4.02. The van der Waals surface area contributed by atoms with Crippen molar-refractivity contribution in [2.45, 2.75) is 19.9 Å². The number of hydrogen-bond donors (Lipinski definition) is 1. The van der Waals surface area contributed by atoms with E-state index in [2.05, 4.69) is 23.2 Å². The maximum Gasteiger partial charge on any atom is 0.203 e. The monoisotopic (exact) mass is 294 g/mol. The fourth-order valence-electron chi connectivity index (χ4n) is 2.55. The van der Waals surface area contributed by atoms with Gasteiger partial charge in [-0.1, -0.05) is 13.0 Å². The Labute approximate surface area is 127 Å². The summed E-state index contributed by atoms with van der Waals surface area (Å²) in [7, 11) is 3.35. The Morgan fingerprint density at radius 1 is 1.10 bits per heavy atom. The van der Waals surface area contributed by atoms with Crippen LogP contribution in [0.1, 0.15) is 18.9 Å². The number of piperazine rings is 1. The molecule has 21 heavy (non-hydrogen) atoms. The first-order valence-corrected chi connectivity index (χ1v) is 7.59. The van der Waals surface area contributed by atoms with Crippen molar-refractivity contribution in [1.82, 2.24) is 10.2 Å². The molecule has 0 spiro atoms. The van der Waals surface area contributed by atoms with Crippen LogP contribution in [0.4, 0.5) is 0 Å². The minimum atomic E-state index is 0.657. The smallest absolute Gasteiger partial charge is 0.203 e. The van der Waals surface area contributed by atoms with E-state index in [1.54, 1.807) is 14.2 Å². The summed E-state index contributed by atoms with van der Waals surface area (Å²) in [6.45, 7) is 7.81. The van der Waals surface area contributed by atoms with Crippen LogP contribution in [0.25, 0.3) is 0 Å². The second-order valence-electron chi connectivity index (χ2n) is 5.16. The lowest BCUT2D eigenvalue weighted by Gasteiger charge is -2.28. The summed E-state index contributed by atoms with van der Waals surface area (Å²) in [6.07, 6.45) is 0.953. The van der Waals surface area contributed by atoms with Gasteiger partial charge in [0.2, 0.25) is 5.75 Å². The lowest BCUT2D eigenvalue weighted by molar-refractivity contribution is 0.226. The van der Waals surface area contributed by atoms with Crippen molar-refractivity contribution in [2.24, 2.45) is 0 Å². The Bertz CT molecular complexity index is 445. The summed E-state index contributed by atoms with van der Waals surface area (Å²) in [6, 6.07) is 4.03. The summed E-state index contributed by atoms with van der Waals surface area (Å²) in [4.78, 5) is 2.42. The van der Waals surface area contributed by atoms with Crippen LogP contribution in [-0.2, 0) is 6.54 Å². The van der Waals surface area contributed by atoms with Crippen LogP contribution in [0.3, 0.4) is 0 Å². The molecule has 0 unspecified atom stereocenters. The van der Waals surface area contributed by atoms with Gasteiger partial charge < -0.3 is 19.5 Å². The first-order valence-electron chi connectivity index (χ1n) is 7.59. The van der Waals surface area contributed by atoms with Crippen molar-refractivity contribution in [1.29, 1.82) is 0 Å². The molecule has 1 aromatic carbocycles. The number of methoxy groups -OCH3 is 2. The number of nitrogens with one attached hydrogen (secondary N) is 1. The van der Waals surface area contributed by atoms with Gasteiger partial charge in [0.25, 0.3) is 0 Å². The van der Waals surface area contributed by atoms with E-state index in [0.717, 1.165) is 62.0 Å². The van der Waals surface area contributed by atoms with Crippen molar-refractivity contribution in [3.63, 3.8) is 0 Å². The van der Waals surface area contributed by atoms with Gasteiger partial charge in [0.05, 0.1) is 20.8 Å². The van der Waals surface area contributed by atoms with Crippen LogP contribution in [0.2, 0.25) is 0 Å². The molecule has 1 aromatic rings. The molecule has 0 saturated carbocycles. The van der Waals surface area contributed by atoms with Gasteiger partial charge in [0, 0.05) is 38.3 Å². The Hall–Kier alpha value is -1.46. The molecule has 118 valence electrons. The number of ether oxygens (including phenoxy) is 3. The number of benzene rings is 1. The van der Waals surface area contributed by atoms with Gasteiger partial charge in [-0.2, -0.15) is 0 Å². The molecule has 1 aliphatic heterocycles. The van der Waals surface area contributed by atoms with Crippen LogP contribution in [0.5, 0.6) is 17.2 Å². The molecule has 1 N–H and O–H groups in total. The third-order valence-corrected chi connectivity index (χ3v) is 3.64. The topological polar surface area (TPSA) is 43.0 Å². The highest BCUT2D eigenvalue weighted by atomic mass is 16.5. The minimum absolute atomic E-state index is 0.657. The zero-order chi connectivity index (χ0) is 15.1. The zero-order valence-electron chi connectivity index (χ0n) is 13.3. The van der Waals surface area contributed by atoms with Gasteiger partial charge in [-0.25, -0.2) is 0 Å². The average Bonchev–Trinajstić information content (AvgIpc) is 2.53. The predicted molar refractivity (Wildman–Crippen MR) is 83.5 cm³/mol. The Kier molecular flexibility index (Phi) is 6.14. The standard InChI is InChI=1S/C16H26N2O3/c1-4-11-21-16-14(19-2)6-5-13(15(16)20-3)12-18-9-7-17-8-10-18/h5-6,17H,4,7-12H2,1-3H3. The fourth-order valence-corrected chi connectivity index (χ4v) is 2.55. The molecule has 2 rings (SSSR count). The predicted octanol–water partition coefficient (Wildman–Crippen LogP) is 1.90. The molecule has 0 bridgehead atoms. The van der Waals surface area contributed by atoms with Crippen molar-refractivity contribution in [3.05, 3.63) is 17.7 Å². The van der Waals surface area contributed by atoms with Gasteiger partial charge in [0.15, 0.2) is 11.5 Å². The van der Waals surface area contributed by atoms with Gasteiger partial charge in [-0.05, 0) is 12.5 Å². The normalized spacial score (nSPS) is 15.8. The minimum Gasteiger partial charge on any atom is -0.493 e. The molecule has 0 radical (unpaired) electrons. The summed E-state index contributed by atoms with van der Waals surface area (Å²) in [5.74, 6) is 2.24. The van der Waals surface area contributed by atoms with Crippen LogP contribution >= 0.6 is 0 Å². The molecule has 0 aromatic heterocycles. The van der Waals surface area contributed by atoms with E-state index in [1.807, 2.05) is 6.07 Å². The lowest BCUT2D eigenvalue weighted by atomic mass is 10.1. The van der Waals surface area contributed by atoms with Crippen LogP contribution < -0.4 is 19.5 Å². The number of hydrogen-bond acceptors (Lipinski definition) is 5. The average molecular weight is 294 g/mol. The molecule has 0 atom stereocenters. The quantitative estimate of drug-likeness (QED) is 0.832. The van der Waals surface area contributed by atoms with Crippen LogP contribution in [-0.4, -0.2) is 51.9 Å². The second-order valence-corrected chi connectivity index (χ2v) is 5.16. The van der Waals surface area contributed by atoms with Gasteiger partial charge in [-0.3, -0.25) is 4.90 Å². The maximum absolute atomic E-state index is 5.85. The van der Waals surface area contributed by atoms with Crippen molar-refractivity contribution in [3.8, 4) is 17.2 Å². The molecule has 1 saturated heterocycles. The highest BCUT2D eigenvalue weighted by Crippen LogP contribution is 2.40. The summed E-state index contributed by atoms with van der Waals surface area (Å²) < 4.78 is 16.9. The van der Waals surface area contributed by atoms with E-state index < -0.39 is 0 Å². The fraction of sp³-hybridized carbons (Fsp3) is 0.625. The van der Waals surface area contributed by atoms with Gasteiger partial charge >= 0.3 is 0 Å². The molecule has 0 amide bonds. The first kappa shape index (κ1) is 15.9. The molecule has 5 nitrogen and oxygen atoms in total. The zero-order valence-corrected chi connectivity index (χ0v) is 13.3. The molecule has 0 aliphatic carbocycles. The van der Waals surface area contributed by atoms with Crippen LogP contribution in [0, 0.1) is 0 Å². The second kappa shape index (κ2) is 8.10. The molecule has 1 aliphatic rings. The summed E-state index contributed by atoms with van der Waals surface area (Å²) in [5.41, 5.74) is 1.14. The van der Waals surface area contributed by atoms with E-state index >= 15 is 0 Å². The molecule has 5 heteroatoms. The van der Waals surface area contributed by atoms with Crippen molar-refractivity contribution >= 4 is 0 Å². The summed E-state index contributed by atoms with van der Waals surface area (Å²) >= 11 is 0. The van der Waals surface area contributed by atoms with E-state index in [0.29, 0.717) is 6.61 Å². The van der Waals surface area contributed by atoms with E-state index in [9.17, 15) is 0 Å². The highest BCUT2D eigenvalue weighted by molar-refractivity contribution is 5.55. The van der Waals surface area contributed by atoms with E-state index in [1.165, 1.54) is 0 Å². The highest BCUT2D eigenvalue weighted by Gasteiger charge is 2.19. The van der Waals surface area contributed by atoms with Gasteiger partial charge in [0.1, 0.15) is 0 Å². The van der Waals surface area contributed by atoms with Crippen molar-refractivity contribution in [2.75, 3.05) is 47.0 Å². The molecule has 1 fully saturated rings. The SMILES string of the molecule is CCCOc1c(OC)ccc(CN2CCNCC2)c1OC. The van der Waals surface area contributed by atoms with E-state index in [4.69, 9.17) is 14.2 Å². The lowest BCUT2D eigenvalue weighted by Crippen LogP contribution is -2.42. The van der Waals surface area contributed by atoms with E-state index in [-0.39, 0.29) is 0 Å². The van der Waals surface area contributed by atoms with Gasteiger partial charge in [-0.15, -0.1) is 0 Å². The first-order chi connectivity index (χ1) is 10.3. The third-order valence-electron chi connectivity index (χ3n) is 3.64. The van der Waals surface area contributed by atoms with Crippen molar-refractivity contribution < 1.29 is 14.2 Å². The molecule has 1 heterocycles. The number of nitrogens with zero attached hydrogens (tertiary/aromatic N) is 1. The molecular weight excluding hydrogens is 268 g/mol. The number of rotatable bonds is 7. The molecular formula is C16H26N2O3.